The molecule has 0 saturated heterocycles. The Bertz CT molecular complexity index is 2460. The van der Waals surface area contributed by atoms with Crippen LogP contribution in [0.2, 0.25) is 0 Å². The lowest BCUT2D eigenvalue weighted by Gasteiger charge is -2.10. The van der Waals surface area contributed by atoms with Crippen molar-refractivity contribution in [3.8, 4) is 51.6 Å². The monoisotopic (exact) mass is 624 g/mol. The van der Waals surface area contributed by atoms with Crippen LogP contribution in [0.1, 0.15) is 22.6 Å². The summed E-state index contributed by atoms with van der Waals surface area (Å²) >= 11 is 0. The lowest BCUT2D eigenvalue weighted by Crippen LogP contribution is -2.07. The smallest absolute Gasteiger partial charge is 0.348 e. The molecule has 0 atom stereocenters. The Hall–Kier alpha value is -6.89. The summed E-state index contributed by atoms with van der Waals surface area (Å²) in [6, 6.07) is 10.3. The molecule has 3 aromatic carbocycles. The van der Waals surface area contributed by atoms with Crippen LogP contribution in [0.5, 0.6) is 40.4 Å². The van der Waals surface area contributed by atoms with Gasteiger partial charge in [0.05, 0.1) is 5.39 Å². The van der Waals surface area contributed by atoms with Crippen LogP contribution in [0.25, 0.3) is 57.2 Å². The van der Waals surface area contributed by atoms with Crippen LogP contribution in [0, 0.1) is 0 Å². The van der Waals surface area contributed by atoms with Crippen LogP contribution >= 0.6 is 0 Å². The minimum atomic E-state index is -0.950. The molecule has 6 aromatic rings. The highest BCUT2D eigenvalue weighted by Gasteiger charge is 2.19. The molecular weight excluding hydrogens is 604 g/mol. The van der Waals surface area contributed by atoms with Crippen LogP contribution in [-0.4, -0.2) is 35.7 Å². The maximum absolute atomic E-state index is 13.1. The Morgan fingerprint density at radius 2 is 1.15 bits per heavy atom. The van der Waals surface area contributed by atoms with Gasteiger partial charge in [-0.2, -0.15) is 0 Å². The summed E-state index contributed by atoms with van der Waals surface area (Å²) in [6.07, 6.45) is 5.30. The van der Waals surface area contributed by atoms with Crippen LogP contribution in [0.15, 0.2) is 82.2 Å². The van der Waals surface area contributed by atoms with Crippen LogP contribution in [0.4, 0.5) is 0 Å². The van der Waals surface area contributed by atoms with Crippen molar-refractivity contribution in [2.24, 2.45) is 0 Å². The zero-order chi connectivity index (χ0) is 32.9. The molecule has 7 N–H and O–H groups in total. The number of hydrogen-bond donors (Lipinski definition) is 7. The molecule has 0 radical (unpaired) electrons. The van der Waals surface area contributed by atoms with Gasteiger partial charge >= 0.3 is 11.3 Å². The van der Waals surface area contributed by atoms with Gasteiger partial charge in [0.1, 0.15) is 28.1 Å². The van der Waals surface area contributed by atoms with Gasteiger partial charge in [-0.05, 0) is 59.7 Å². The van der Waals surface area contributed by atoms with Crippen molar-refractivity contribution in [1.29, 1.82) is 0 Å². The topological polar surface area (TPSA) is 232 Å². The zero-order valence-corrected chi connectivity index (χ0v) is 23.1. The summed E-state index contributed by atoms with van der Waals surface area (Å²) in [4.78, 5) is 38.6. The molecule has 46 heavy (non-hydrogen) atoms. The van der Waals surface area contributed by atoms with Crippen LogP contribution < -0.4 is 16.7 Å². The molecule has 0 spiro atoms. The minimum absolute atomic E-state index is 0.0155. The van der Waals surface area contributed by atoms with E-state index in [4.69, 9.17) is 13.3 Å². The number of aromatic hydroxyl groups is 7. The van der Waals surface area contributed by atoms with Gasteiger partial charge in [-0.15, -0.1) is 0 Å². The number of phenolic OH excluding ortho intramolecular Hbond substituents is 6. The summed E-state index contributed by atoms with van der Waals surface area (Å²) in [5.74, 6) is -4.09. The molecule has 0 fully saturated rings. The molecule has 0 aliphatic heterocycles. The Morgan fingerprint density at radius 1 is 0.522 bits per heavy atom. The highest BCUT2D eigenvalue weighted by atomic mass is 16.5. The Kier molecular flexibility index (Phi) is 6.97. The first-order valence-electron chi connectivity index (χ1n) is 13.2. The summed E-state index contributed by atoms with van der Waals surface area (Å²) in [7, 11) is 0. The average Bonchev–Trinajstić information content (AvgIpc) is 2.99. The largest absolute Gasteiger partial charge is 0.504 e. The van der Waals surface area contributed by atoms with Crippen molar-refractivity contribution in [3.63, 3.8) is 0 Å². The highest BCUT2D eigenvalue weighted by Crippen LogP contribution is 2.38. The van der Waals surface area contributed by atoms with Crippen molar-refractivity contribution < 1.29 is 49.0 Å². The molecule has 13 nitrogen and oxygen atoms in total. The van der Waals surface area contributed by atoms with Crippen LogP contribution in [0.3, 0.4) is 0 Å². The highest BCUT2D eigenvalue weighted by molar-refractivity contribution is 6.05. The second-order valence-electron chi connectivity index (χ2n) is 9.99. The predicted molar refractivity (Wildman–Crippen MR) is 165 cm³/mol. The van der Waals surface area contributed by atoms with Gasteiger partial charge in [0.25, 0.3) is 5.95 Å². The normalized spacial score (nSPS) is 11.7. The fraction of sp³-hybridized carbons (Fsp3) is 0. The third-order valence-corrected chi connectivity index (χ3v) is 6.97. The fourth-order valence-electron chi connectivity index (χ4n) is 4.77. The van der Waals surface area contributed by atoms with E-state index >= 15 is 0 Å². The quantitative estimate of drug-likeness (QED) is 0.101. The van der Waals surface area contributed by atoms with Gasteiger partial charge in [-0.25, -0.2) is 9.59 Å². The number of phenols is 6. The van der Waals surface area contributed by atoms with E-state index in [0.29, 0.717) is 5.56 Å². The van der Waals surface area contributed by atoms with Gasteiger partial charge in [-0.3, -0.25) is 4.79 Å². The third kappa shape index (κ3) is 5.24. The van der Waals surface area contributed by atoms with E-state index in [-0.39, 0.29) is 61.5 Å². The van der Waals surface area contributed by atoms with E-state index in [2.05, 4.69) is 0 Å². The molecule has 3 aromatic heterocycles. The maximum atomic E-state index is 13.1. The average molecular weight is 625 g/mol. The molecule has 0 aliphatic carbocycles. The first-order valence-corrected chi connectivity index (χ1v) is 13.2. The minimum Gasteiger partial charge on any atom is -0.504 e. The first kappa shape index (κ1) is 29.2. The van der Waals surface area contributed by atoms with E-state index in [1.807, 2.05) is 0 Å². The van der Waals surface area contributed by atoms with E-state index in [1.165, 1.54) is 48.6 Å². The molecule has 0 bridgehead atoms. The Labute approximate surface area is 255 Å². The third-order valence-electron chi connectivity index (χ3n) is 6.97. The molecular formula is C33H20O13. The Balaban J connectivity index is 1.41. The first-order chi connectivity index (χ1) is 21.9. The van der Waals surface area contributed by atoms with Crippen LogP contribution in [-0.2, 0) is 0 Å². The Morgan fingerprint density at radius 3 is 1.87 bits per heavy atom. The number of fused-ring (bicyclic) bond motifs is 3. The van der Waals surface area contributed by atoms with Gasteiger partial charge in [0, 0.05) is 23.1 Å². The number of benzene rings is 3. The van der Waals surface area contributed by atoms with Crippen molar-refractivity contribution in [1.82, 2.24) is 0 Å². The molecule has 0 aliphatic rings. The summed E-state index contributed by atoms with van der Waals surface area (Å²) in [6.45, 7) is 0. The van der Waals surface area contributed by atoms with E-state index in [9.17, 15) is 50.1 Å². The molecule has 0 saturated carbocycles. The second kappa shape index (κ2) is 11.0. The maximum Gasteiger partial charge on any atom is 0.348 e. The van der Waals surface area contributed by atoms with Crippen molar-refractivity contribution in [2.75, 3.05) is 0 Å². The predicted octanol–water partition coefficient (Wildman–Crippen LogP) is 4.80. The standard InChI is InChI=1S/C33H20O13/c34-21-6-2-14(7-22(21)35)1-4-16-9-27(40)29(32(42)44-16)18-11-24(37)23(36)8-15(18)3-5-17-10-28-30(33(43)45-17)19-12-25(38)26(39)13-20(19)31(41)46-28/h1-13,34-39,42H/b4-1+,5-3+. The zero-order valence-electron chi connectivity index (χ0n) is 23.1. The van der Waals surface area contributed by atoms with E-state index in [0.717, 1.165) is 30.3 Å². The molecule has 0 amide bonds. The summed E-state index contributed by atoms with van der Waals surface area (Å²) in [5, 5.41) is 69.5. The SMILES string of the molecule is O=c1cc(/C=C/c2ccc(O)c(O)c2)oc(O)c1-c1cc(O)c(O)cc1/C=C/c1cc2oc(=O)c3cc(O)c(O)cc3c2c(=O)o1. The van der Waals surface area contributed by atoms with Gasteiger partial charge in [0.15, 0.2) is 39.9 Å². The molecule has 230 valence electrons. The molecule has 0 unspecified atom stereocenters. The number of hydrogen-bond acceptors (Lipinski definition) is 13. The van der Waals surface area contributed by atoms with Crippen molar-refractivity contribution >= 4 is 46.0 Å². The fourth-order valence-corrected chi connectivity index (χ4v) is 4.77. The molecule has 3 heterocycles. The van der Waals surface area contributed by atoms with Gasteiger partial charge in [0.2, 0.25) is 0 Å². The van der Waals surface area contributed by atoms with Gasteiger partial charge in [-0.1, -0.05) is 18.2 Å². The number of rotatable bonds is 5. The summed E-state index contributed by atoms with van der Waals surface area (Å²) in [5.41, 5.74) is -2.73. The lowest BCUT2D eigenvalue weighted by molar-refractivity contribution is 0.321. The summed E-state index contributed by atoms with van der Waals surface area (Å²) < 4.78 is 16.0. The second-order valence-corrected chi connectivity index (χ2v) is 9.99. The van der Waals surface area contributed by atoms with Crippen molar-refractivity contribution in [2.45, 2.75) is 0 Å². The van der Waals surface area contributed by atoms with Gasteiger partial charge < -0.3 is 49.0 Å². The van der Waals surface area contributed by atoms with Crippen molar-refractivity contribution in [3.05, 3.63) is 108 Å². The van der Waals surface area contributed by atoms with E-state index in [1.54, 1.807) is 0 Å². The molecule has 6 rings (SSSR count). The van der Waals surface area contributed by atoms with E-state index < -0.39 is 45.6 Å². The lowest BCUT2D eigenvalue weighted by atomic mass is 9.98. The molecule has 13 heteroatoms.